The van der Waals surface area contributed by atoms with Gasteiger partial charge in [0.05, 0.1) is 25.3 Å². The van der Waals surface area contributed by atoms with Gasteiger partial charge in [0, 0.05) is 22.2 Å². The molecule has 0 aromatic heterocycles. The quantitative estimate of drug-likeness (QED) is 0.236. The lowest BCUT2D eigenvalue weighted by Gasteiger charge is -2.23. The van der Waals surface area contributed by atoms with Crippen molar-refractivity contribution in [3.8, 4) is 17.1 Å². The van der Waals surface area contributed by atoms with Crippen LogP contribution < -0.4 is 0 Å². The number of hydrogen-bond donors (Lipinski definition) is 0. The zero-order chi connectivity index (χ0) is 26.3. The van der Waals surface area contributed by atoms with Crippen LogP contribution in [-0.2, 0) is 9.47 Å². The maximum atomic E-state index is 14.1. The van der Waals surface area contributed by atoms with E-state index in [1.54, 1.807) is 16.7 Å². The lowest BCUT2D eigenvalue weighted by atomic mass is 9.90. The van der Waals surface area contributed by atoms with Crippen molar-refractivity contribution in [2.45, 2.75) is 13.8 Å². The number of aromatic nitrogens is 2. The summed E-state index contributed by atoms with van der Waals surface area (Å²) in [5.41, 5.74) is 3.75. The molecule has 7 heteroatoms. The fourth-order valence-electron chi connectivity index (χ4n) is 4.55. The van der Waals surface area contributed by atoms with E-state index in [1.165, 1.54) is 14.2 Å². The first kappa shape index (κ1) is 23.9. The van der Waals surface area contributed by atoms with Gasteiger partial charge in [-0.05, 0) is 32.0 Å². The van der Waals surface area contributed by atoms with Crippen molar-refractivity contribution < 1.29 is 23.9 Å². The van der Waals surface area contributed by atoms with Gasteiger partial charge in [-0.15, -0.1) is 0 Å². The molecule has 2 aliphatic heterocycles. The third-order valence-corrected chi connectivity index (χ3v) is 6.40. The topological polar surface area (TPSA) is 87.5 Å². The molecule has 2 heterocycles. The van der Waals surface area contributed by atoms with Crippen molar-refractivity contribution in [1.82, 2.24) is 9.55 Å². The van der Waals surface area contributed by atoms with E-state index in [4.69, 9.17) is 14.5 Å². The van der Waals surface area contributed by atoms with Crippen molar-refractivity contribution in [2.75, 3.05) is 14.2 Å². The Morgan fingerprint density at radius 1 is 0.730 bits per heavy atom. The summed E-state index contributed by atoms with van der Waals surface area (Å²) in [6, 6.07) is 21.8. The van der Waals surface area contributed by atoms with Gasteiger partial charge in [0.2, 0.25) is 0 Å². The fourth-order valence-corrected chi connectivity index (χ4v) is 4.55. The van der Waals surface area contributed by atoms with Crippen molar-refractivity contribution in [3.63, 3.8) is 0 Å². The molecule has 0 fully saturated rings. The van der Waals surface area contributed by atoms with Crippen LogP contribution in [-0.4, -0.2) is 41.5 Å². The van der Waals surface area contributed by atoms with E-state index < -0.39 is 17.7 Å². The number of rotatable bonds is 5. The largest absolute Gasteiger partial charge is 0.465 e. The van der Waals surface area contributed by atoms with Gasteiger partial charge in [-0.2, -0.15) is 0 Å². The summed E-state index contributed by atoms with van der Waals surface area (Å²) in [5, 5.41) is 0.676. The standard InChI is InChI=1S/C30H24N2O5/c1-17-9-13-19(14-10-17)27(33)24-23-21-7-5-6-8-22(21)31-28(23)32(20-15-11-18(2)12-16-20)26(30(35)37-4)25(24)29(34)36-3/h5-16H,1-4H3. The van der Waals surface area contributed by atoms with Crippen LogP contribution in [0.3, 0.4) is 0 Å². The third-order valence-electron chi connectivity index (χ3n) is 6.40. The number of benzene rings is 3. The first-order valence-electron chi connectivity index (χ1n) is 11.7. The number of fused-ring (bicyclic) bond motifs is 3. The van der Waals surface area contributed by atoms with Crippen LogP contribution >= 0.6 is 0 Å². The molecule has 0 atom stereocenters. The zero-order valence-electron chi connectivity index (χ0n) is 20.9. The van der Waals surface area contributed by atoms with Crippen molar-refractivity contribution in [1.29, 1.82) is 0 Å². The number of carbonyl (C=O) groups excluding carboxylic acids is 3. The summed E-state index contributed by atoms with van der Waals surface area (Å²) in [6.07, 6.45) is 0. The predicted molar refractivity (Wildman–Crippen MR) is 140 cm³/mol. The SMILES string of the molecule is COC(=O)c1c(C(=O)c2ccc(C)cc2)c2c3ccccc3nc-2n(-c2ccc(C)cc2)c1C(=O)OC. The highest BCUT2D eigenvalue weighted by Crippen LogP contribution is 2.41. The van der Waals surface area contributed by atoms with Gasteiger partial charge in [0.1, 0.15) is 17.1 Å². The third kappa shape index (κ3) is 3.94. The van der Waals surface area contributed by atoms with Crippen LogP contribution in [0.4, 0.5) is 0 Å². The number of nitrogens with zero attached hydrogens (tertiary/aromatic N) is 2. The summed E-state index contributed by atoms with van der Waals surface area (Å²) < 4.78 is 11.8. The van der Waals surface area contributed by atoms with Crippen molar-refractivity contribution >= 4 is 28.6 Å². The Bertz CT molecular complexity index is 1650. The number of pyridine rings is 1. The van der Waals surface area contributed by atoms with Crippen LogP contribution in [0.1, 0.15) is 47.9 Å². The molecule has 184 valence electrons. The highest BCUT2D eigenvalue weighted by atomic mass is 16.5. The Morgan fingerprint density at radius 2 is 1.32 bits per heavy atom. The van der Waals surface area contributed by atoms with E-state index in [9.17, 15) is 14.4 Å². The number of para-hydroxylation sites is 1. The molecule has 3 aromatic rings. The van der Waals surface area contributed by atoms with Gasteiger partial charge < -0.3 is 9.47 Å². The number of hydrogen-bond acceptors (Lipinski definition) is 6. The molecule has 0 bridgehead atoms. The second-order valence-electron chi connectivity index (χ2n) is 8.78. The monoisotopic (exact) mass is 492 g/mol. The lowest BCUT2D eigenvalue weighted by Crippen LogP contribution is -2.26. The Morgan fingerprint density at radius 3 is 1.95 bits per heavy atom. The van der Waals surface area contributed by atoms with E-state index >= 15 is 0 Å². The molecular formula is C30H24N2O5. The summed E-state index contributed by atoms with van der Waals surface area (Å²) in [4.78, 5) is 45.7. The molecule has 0 unspecified atom stereocenters. The second kappa shape index (κ2) is 9.35. The molecular weight excluding hydrogens is 468 g/mol. The molecule has 37 heavy (non-hydrogen) atoms. The minimum atomic E-state index is -0.830. The van der Waals surface area contributed by atoms with Gasteiger partial charge in [-0.1, -0.05) is 65.7 Å². The zero-order valence-corrected chi connectivity index (χ0v) is 20.9. The average Bonchev–Trinajstić information content (AvgIpc) is 3.30. The molecule has 0 N–H and O–H groups in total. The number of ether oxygens (including phenoxy) is 2. The summed E-state index contributed by atoms with van der Waals surface area (Å²) in [5.74, 6) is -1.70. The Hall–Kier alpha value is -4.78. The fraction of sp³-hybridized carbons (Fsp3) is 0.133. The summed E-state index contributed by atoms with van der Waals surface area (Å²) in [6.45, 7) is 3.87. The number of esters is 2. The van der Waals surface area contributed by atoms with E-state index in [1.807, 2.05) is 74.5 Å². The highest BCUT2D eigenvalue weighted by Gasteiger charge is 2.37. The second-order valence-corrected chi connectivity index (χ2v) is 8.78. The highest BCUT2D eigenvalue weighted by molar-refractivity contribution is 6.23. The van der Waals surface area contributed by atoms with E-state index in [2.05, 4.69) is 0 Å². The number of carbonyl (C=O) groups is 3. The summed E-state index contributed by atoms with van der Waals surface area (Å²) in [7, 11) is 2.44. The molecule has 0 spiro atoms. The van der Waals surface area contributed by atoms with Gasteiger partial charge in [-0.3, -0.25) is 9.36 Å². The van der Waals surface area contributed by atoms with Gasteiger partial charge in [0.15, 0.2) is 5.78 Å². The first-order chi connectivity index (χ1) is 17.8. The molecule has 3 aromatic carbocycles. The van der Waals surface area contributed by atoms with E-state index in [0.29, 0.717) is 33.5 Å². The van der Waals surface area contributed by atoms with E-state index in [0.717, 1.165) is 11.1 Å². The minimum Gasteiger partial charge on any atom is -0.465 e. The maximum absolute atomic E-state index is 14.1. The van der Waals surface area contributed by atoms with Crippen LogP contribution in [0, 0.1) is 13.8 Å². The van der Waals surface area contributed by atoms with Crippen molar-refractivity contribution in [3.05, 3.63) is 106 Å². The number of aryl methyl sites for hydroxylation is 2. The molecule has 5 rings (SSSR count). The normalized spacial score (nSPS) is 11.0. The molecule has 0 saturated heterocycles. The van der Waals surface area contributed by atoms with E-state index in [-0.39, 0.29) is 16.8 Å². The van der Waals surface area contributed by atoms with Crippen LogP contribution in [0.15, 0.2) is 72.8 Å². The average molecular weight is 493 g/mol. The molecule has 7 nitrogen and oxygen atoms in total. The number of ketones is 1. The number of methoxy groups -OCH3 is 2. The lowest BCUT2D eigenvalue weighted by molar-refractivity contribution is 0.0545. The first-order valence-corrected chi connectivity index (χ1v) is 11.7. The van der Waals surface area contributed by atoms with Gasteiger partial charge in [0.25, 0.3) is 0 Å². The predicted octanol–water partition coefficient (Wildman–Crippen LogP) is 5.55. The van der Waals surface area contributed by atoms with Crippen LogP contribution in [0.5, 0.6) is 0 Å². The Balaban J connectivity index is 2.02. The van der Waals surface area contributed by atoms with Crippen molar-refractivity contribution in [2.24, 2.45) is 0 Å². The molecule has 0 amide bonds. The van der Waals surface area contributed by atoms with Gasteiger partial charge >= 0.3 is 11.9 Å². The van der Waals surface area contributed by atoms with Crippen LogP contribution in [0.25, 0.3) is 28.0 Å². The molecule has 0 aliphatic carbocycles. The van der Waals surface area contributed by atoms with Gasteiger partial charge in [-0.25, -0.2) is 14.6 Å². The molecule has 0 radical (unpaired) electrons. The minimum absolute atomic E-state index is 0.0446. The Labute approximate surface area is 213 Å². The Kier molecular flexibility index (Phi) is 6.05. The maximum Gasteiger partial charge on any atom is 0.356 e. The van der Waals surface area contributed by atoms with Crippen LogP contribution in [0.2, 0.25) is 0 Å². The molecule has 0 saturated carbocycles. The summed E-state index contributed by atoms with van der Waals surface area (Å²) >= 11 is 0. The smallest absolute Gasteiger partial charge is 0.356 e. The molecule has 2 aliphatic rings.